The number of hydrogen-bond acceptors (Lipinski definition) is 5. The highest BCUT2D eigenvalue weighted by Crippen LogP contribution is 2.37. The highest BCUT2D eigenvalue weighted by Gasteiger charge is 2.45. The molecule has 0 aliphatic carbocycles. The summed E-state index contributed by atoms with van der Waals surface area (Å²) in [6, 6.07) is 7.89. The fourth-order valence-electron chi connectivity index (χ4n) is 4.42. The number of halogens is 3. The first-order valence-corrected chi connectivity index (χ1v) is 11.3. The first-order valence-electron chi connectivity index (χ1n) is 11.3. The van der Waals surface area contributed by atoms with E-state index in [9.17, 15) is 28.0 Å². The highest BCUT2D eigenvalue weighted by atomic mass is 19.4. The quantitative estimate of drug-likeness (QED) is 0.654. The molecule has 0 bridgehead atoms. The topological polar surface area (TPSA) is 89.3 Å². The van der Waals surface area contributed by atoms with Crippen LogP contribution < -0.4 is 10.2 Å². The van der Waals surface area contributed by atoms with Crippen LogP contribution in [0.25, 0.3) is 10.9 Å². The second kappa shape index (κ2) is 10.7. The van der Waals surface area contributed by atoms with Gasteiger partial charge >= 0.3 is 6.18 Å². The maximum absolute atomic E-state index is 13.7. The molecule has 2 amide bonds. The Hall–Kier alpha value is -3.35. The van der Waals surface area contributed by atoms with Crippen LogP contribution in [-0.2, 0) is 9.59 Å². The van der Waals surface area contributed by atoms with Gasteiger partial charge in [0.05, 0.1) is 17.0 Å². The van der Waals surface area contributed by atoms with E-state index in [4.69, 9.17) is 0 Å². The Morgan fingerprint density at radius 2 is 1.97 bits per heavy atom. The van der Waals surface area contributed by atoms with Crippen LogP contribution in [0.15, 0.2) is 30.5 Å². The van der Waals surface area contributed by atoms with Crippen LogP contribution in [0, 0.1) is 17.2 Å². The summed E-state index contributed by atoms with van der Waals surface area (Å²) in [6.45, 7) is 4.68. The van der Waals surface area contributed by atoms with E-state index in [1.807, 2.05) is 13.8 Å². The number of pyridine rings is 1. The van der Waals surface area contributed by atoms with Gasteiger partial charge in [-0.3, -0.25) is 14.6 Å². The molecule has 7 nitrogen and oxygen atoms in total. The Morgan fingerprint density at radius 3 is 2.62 bits per heavy atom. The predicted molar refractivity (Wildman–Crippen MR) is 124 cm³/mol. The number of benzene rings is 1. The van der Waals surface area contributed by atoms with Crippen molar-refractivity contribution in [2.24, 2.45) is 5.92 Å². The number of fused-ring (bicyclic) bond motifs is 1. The third-order valence-electron chi connectivity index (χ3n) is 6.17. The molecule has 1 saturated heterocycles. The van der Waals surface area contributed by atoms with Gasteiger partial charge in [-0.1, -0.05) is 0 Å². The molecule has 2 atom stereocenters. The van der Waals surface area contributed by atoms with Gasteiger partial charge in [0.25, 0.3) is 0 Å². The second-order valence-electron chi connectivity index (χ2n) is 8.35. The van der Waals surface area contributed by atoms with Crippen molar-refractivity contribution in [1.29, 1.82) is 5.26 Å². The van der Waals surface area contributed by atoms with Crippen molar-refractivity contribution in [2.45, 2.75) is 45.3 Å². The molecular formula is C24H30F3N5O2. The Bertz CT molecular complexity index is 1080. The Morgan fingerprint density at radius 1 is 1.24 bits per heavy atom. The zero-order chi connectivity index (χ0) is 24.9. The first-order chi connectivity index (χ1) is 16.2. The van der Waals surface area contributed by atoms with Crippen LogP contribution >= 0.6 is 0 Å². The SMILES string of the molecule is CCN(CC)C(=O)CCC(=O)N[C@@H]1C[C@H](C(F)(F)F)CN(c2ccc(C#N)c3ncccc23)C1.[HH]. The molecule has 0 spiro atoms. The molecule has 3 rings (SSSR count). The number of nitriles is 1. The van der Waals surface area contributed by atoms with E-state index in [0.29, 0.717) is 35.2 Å². The van der Waals surface area contributed by atoms with Gasteiger partial charge in [0, 0.05) is 63.8 Å². The summed E-state index contributed by atoms with van der Waals surface area (Å²) in [4.78, 5) is 32.1. The number of rotatable bonds is 7. The molecule has 0 unspecified atom stereocenters. The first kappa shape index (κ1) is 25.3. The number of carbonyl (C=O) groups excluding carboxylic acids is 2. The third kappa shape index (κ3) is 5.76. The van der Waals surface area contributed by atoms with Gasteiger partial charge in [0.2, 0.25) is 11.8 Å². The van der Waals surface area contributed by atoms with Gasteiger partial charge in [-0.2, -0.15) is 18.4 Å². The van der Waals surface area contributed by atoms with Gasteiger partial charge in [-0.15, -0.1) is 0 Å². The van der Waals surface area contributed by atoms with Crippen molar-refractivity contribution in [3.8, 4) is 6.07 Å². The van der Waals surface area contributed by atoms with E-state index in [2.05, 4.69) is 16.4 Å². The summed E-state index contributed by atoms with van der Waals surface area (Å²) in [5.74, 6) is -2.24. The molecule has 1 aromatic carbocycles. The molecule has 10 heteroatoms. The summed E-state index contributed by atoms with van der Waals surface area (Å²) in [5, 5.41) is 12.6. The molecule has 0 saturated carbocycles. The summed E-state index contributed by atoms with van der Waals surface area (Å²) < 4.78 is 41.2. The van der Waals surface area contributed by atoms with Crippen LogP contribution in [0.1, 0.15) is 40.1 Å². The molecule has 1 N–H and O–H groups in total. The van der Waals surface area contributed by atoms with Crippen LogP contribution in [-0.4, -0.2) is 60.1 Å². The van der Waals surface area contributed by atoms with Gasteiger partial charge in [-0.05, 0) is 44.5 Å². The van der Waals surface area contributed by atoms with Crippen molar-refractivity contribution in [3.05, 3.63) is 36.0 Å². The van der Waals surface area contributed by atoms with E-state index in [-0.39, 0.29) is 39.7 Å². The molecule has 2 aromatic rings. The van der Waals surface area contributed by atoms with Crippen LogP contribution in [0.3, 0.4) is 0 Å². The summed E-state index contributed by atoms with van der Waals surface area (Å²) in [5.41, 5.74) is 1.30. The van der Waals surface area contributed by atoms with Gasteiger partial charge in [0.1, 0.15) is 6.07 Å². The number of piperidine rings is 1. The lowest BCUT2D eigenvalue weighted by Gasteiger charge is -2.40. The lowest BCUT2D eigenvalue weighted by Crippen LogP contribution is -2.54. The van der Waals surface area contributed by atoms with Crippen molar-refractivity contribution in [3.63, 3.8) is 0 Å². The number of anilines is 1. The molecule has 184 valence electrons. The molecule has 34 heavy (non-hydrogen) atoms. The van der Waals surface area contributed by atoms with Crippen molar-refractivity contribution >= 4 is 28.4 Å². The largest absolute Gasteiger partial charge is 0.393 e. The minimum Gasteiger partial charge on any atom is -0.368 e. The molecule has 1 aliphatic heterocycles. The van der Waals surface area contributed by atoms with Crippen LogP contribution in [0.4, 0.5) is 18.9 Å². The van der Waals surface area contributed by atoms with E-state index in [0.717, 1.165) is 0 Å². The average Bonchev–Trinajstić information content (AvgIpc) is 2.82. The summed E-state index contributed by atoms with van der Waals surface area (Å²) in [6.07, 6.45) is -3.20. The zero-order valence-corrected chi connectivity index (χ0v) is 19.2. The molecule has 0 radical (unpaired) electrons. The fraction of sp³-hybridized carbons (Fsp3) is 0.500. The Balaban J connectivity index is 0.00000432. The van der Waals surface area contributed by atoms with E-state index in [1.165, 1.54) is 6.20 Å². The minimum atomic E-state index is -4.43. The molecule has 1 aliphatic rings. The highest BCUT2D eigenvalue weighted by molar-refractivity contribution is 5.95. The fourth-order valence-corrected chi connectivity index (χ4v) is 4.42. The lowest BCUT2D eigenvalue weighted by molar-refractivity contribution is -0.178. The Kier molecular flexibility index (Phi) is 7.97. The van der Waals surface area contributed by atoms with Crippen LogP contribution in [0.2, 0.25) is 0 Å². The molecule has 1 aromatic heterocycles. The number of carbonyl (C=O) groups is 2. The van der Waals surface area contributed by atoms with Gasteiger partial charge in [0.15, 0.2) is 0 Å². The van der Waals surface area contributed by atoms with Crippen molar-refractivity contribution < 1.29 is 24.2 Å². The lowest BCUT2D eigenvalue weighted by atomic mass is 9.92. The minimum absolute atomic E-state index is 0. The number of nitrogens with zero attached hydrogens (tertiary/aromatic N) is 4. The van der Waals surface area contributed by atoms with Crippen molar-refractivity contribution in [2.75, 3.05) is 31.1 Å². The number of amides is 2. The number of alkyl halides is 3. The average molecular weight is 478 g/mol. The normalized spacial score (nSPS) is 18.4. The third-order valence-corrected chi connectivity index (χ3v) is 6.17. The standard InChI is InChI=1S/C24H28F3N5O2.H2/c1-3-31(4-2)22(34)10-9-21(33)30-18-12-17(24(25,26)27)14-32(15-18)20-8-7-16(13-28)23-19(20)6-5-11-29-23;/h5-8,11,17-18H,3-4,9-10,12,14-15H2,1-2H3,(H,30,33);1H/t17-,18+;/m0./s1. The molecular weight excluding hydrogens is 447 g/mol. The van der Waals surface area contributed by atoms with Crippen LogP contribution in [0.5, 0.6) is 0 Å². The van der Waals surface area contributed by atoms with E-state index >= 15 is 0 Å². The van der Waals surface area contributed by atoms with Gasteiger partial charge in [-0.25, -0.2) is 0 Å². The van der Waals surface area contributed by atoms with Gasteiger partial charge < -0.3 is 15.1 Å². The molecule has 1 fully saturated rings. The number of hydrogen-bond donors (Lipinski definition) is 1. The maximum Gasteiger partial charge on any atom is 0.393 e. The maximum atomic E-state index is 13.7. The smallest absolute Gasteiger partial charge is 0.368 e. The zero-order valence-electron chi connectivity index (χ0n) is 19.2. The van der Waals surface area contributed by atoms with Crippen molar-refractivity contribution in [1.82, 2.24) is 15.2 Å². The number of aromatic nitrogens is 1. The monoisotopic (exact) mass is 477 g/mol. The van der Waals surface area contributed by atoms with E-state index in [1.54, 1.807) is 34.1 Å². The number of nitrogens with one attached hydrogen (secondary N) is 1. The Labute approximate surface area is 198 Å². The second-order valence-corrected chi connectivity index (χ2v) is 8.35. The molecule has 2 heterocycles. The summed E-state index contributed by atoms with van der Waals surface area (Å²) in [7, 11) is 0. The predicted octanol–water partition coefficient (Wildman–Crippen LogP) is 3.87. The van der Waals surface area contributed by atoms with E-state index < -0.39 is 24.0 Å². The summed E-state index contributed by atoms with van der Waals surface area (Å²) >= 11 is 0.